The molecule has 84 valence electrons. The zero-order valence-electron chi connectivity index (χ0n) is 8.59. The van der Waals surface area contributed by atoms with Crippen molar-refractivity contribution in [3.63, 3.8) is 0 Å². The summed E-state index contributed by atoms with van der Waals surface area (Å²) in [7, 11) is 0. The highest BCUT2D eigenvalue weighted by atomic mass is 32.1. The van der Waals surface area contributed by atoms with Crippen LogP contribution in [0.1, 0.15) is 23.7 Å². The van der Waals surface area contributed by atoms with Gasteiger partial charge in [-0.05, 0) is 30.7 Å². The molecule has 1 rings (SSSR count). The average Bonchev–Trinajstić information content (AvgIpc) is 2.17. The molecule has 0 spiro atoms. The van der Waals surface area contributed by atoms with E-state index in [1.807, 2.05) is 0 Å². The standard InChI is InChI=1S/C11H16O3S/c1-7-3-2-4-8(12)10(7)11(14)9(13)5-6-15/h2-4,9,11-15H,5-6H2,1H3. The maximum Gasteiger partial charge on any atom is 0.121 e. The van der Waals surface area contributed by atoms with Crippen LogP contribution in [0.15, 0.2) is 18.2 Å². The largest absolute Gasteiger partial charge is 0.508 e. The maximum atomic E-state index is 9.84. The molecule has 0 fully saturated rings. The Labute approximate surface area is 94.8 Å². The second-order valence-corrected chi connectivity index (χ2v) is 3.98. The number of benzene rings is 1. The van der Waals surface area contributed by atoms with Gasteiger partial charge in [0, 0.05) is 5.56 Å². The lowest BCUT2D eigenvalue weighted by Gasteiger charge is -2.20. The third-order valence-corrected chi connectivity index (χ3v) is 2.64. The summed E-state index contributed by atoms with van der Waals surface area (Å²) in [5.41, 5.74) is 1.16. The lowest BCUT2D eigenvalue weighted by Crippen LogP contribution is -2.19. The lowest BCUT2D eigenvalue weighted by atomic mass is 9.97. The van der Waals surface area contributed by atoms with E-state index in [0.717, 1.165) is 5.56 Å². The summed E-state index contributed by atoms with van der Waals surface area (Å²) < 4.78 is 0. The van der Waals surface area contributed by atoms with Crippen molar-refractivity contribution in [2.24, 2.45) is 0 Å². The summed E-state index contributed by atoms with van der Waals surface area (Å²) in [5.74, 6) is 0.505. The molecule has 15 heavy (non-hydrogen) atoms. The van der Waals surface area contributed by atoms with E-state index in [9.17, 15) is 15.3 Å². The number of aryl methyl sites for hydroxylation is 1. The minimum absolute atomic E-state index is 0.0146. The molecule has 0 saturated heterocycles. The normalized spacial score (nSPS) is 14.9. The molecule has 0 aromatic heterocycles. The Kier molecular flexibility index (Phi) is 4.45. The fourth-order valence-corrected chi connectivity index (χ4v) is 1.80. The average molecular weight is 228 g/mol. The Bertz CT molecular complexity index is 307. The summed E-state index contributed by atoms with van der Waals surface area (Å²) >= 11 is 3.99. The molecule has 0 heterocycles. The zero-order valence-corrected chi connectivity index (χ0v) is 9.48. The molecule has 0 aliphatic rings. The van der Waals surface area contributed by atoms with E-state index in [1.165, 1.54) is 6.07 Å². The first-order valence-corrected chi connectivity index (χ1v) is 5.46. The van der Waals surface area contributed by atoms with Gasteiger partial charge >= 0.3 is 0 Å². The predicted molar refractivity (Wildman–Crippen MR) is 62.3 cm³/mol. The Morgan fingerprint density at radius 3 is 2.53 bits per heavy atom. The van der Waals surface area contributed by atoms with Crippen LogP contribution in [0.3, 0.4) is 0 Å². The summed E-state index contributed by atoms with van der Waals surface area (Å²) in [6.07, 6.45) is -1.56. The van der Waals surface area contributed by atoms with Crippen molar-refractivity contribution in [1.29, 1.82) is 0 Å². The SMILES string of the molecule is Cc1cccc(O)c1C(O)C(O)CCS. The Hall–Kier alpha value is -0.710. The van der Waals surface area contributed by atoms with Crippen molar-refractivity contribution in [1.82, 2.24) is 0 Å². The van der Waals surface area contributed by atoms with Gasteiger partial charge in [-0.3, -0.25) is 0 Å². The zero-order chi connectivity index (χ0) is 11.4. The second-order valence-electron chi connectivity index (χ2n) is 3.53. The molecule has 4 heteroatoms. The summed E-state index contributed by atoms with van der Waals surface area (Å²) in [6, 6.07) is 4.98. The Morgan fingerprint density at radius 2 is 2.00 bits per heavy atom. The molecule has 1 aromatic carbocycles. The lowest BCUT2D eigenvalue weighted by molar-refractivity contribution is 0.0155. The Morgan fingerprint density at radius 1 is 1.33 bits per heavy atom. The van der Waals surface area contributed by atoms with Gasteiger partial charge in [0.25, 0.3) is 0 Å². The molecule has 0 radical (unpaired) electrons. The third-order valence-electron chi connectivity index (χ3n) is 2.39. The van der Waals surface area contributed by atoms with Crippen LogP contribution in [-0.4, -0.2) is 27.2 Å². The van der Waals surface area contributed by atoms with Gasteiger partial charge in [-0.1, -0.05) is 12.1 Å². The number of rotatable bonds is 4. The number of hydrogen-bond donors (Lipinski definition) is 4. The van der Waals surface area contributed by atoms with Gasteiger partial charge in [-0.25, -0.2) is 0 Å². The maximum absolute atomic E-state index is 9.84. The number of phenolic OH excluding ortho intramolecular Hbond substituents is 1. The van der Waals surface area contributed by atoms with E-state index in [0.29, 0.717) is 17.7 Å². The number of aliphatic hydroxyl groups is 2. The molecule has 0 aliphatic heterocycles. The van der Waals surface area contributed by atoms with Gasteiger partial charge < -0.3 is 15.3 Å². The molecule has 0 saturated carbocycles. The molecule has 2 atom stereocenters. The van der Waals surface area contributed by atoms with Crippen LogP contribution in [0.4, 0.5) is 0 Å². The van der Waals surface area contributed by atoms with Crippen LogP contribution in [-0.2, 0) is 0 Å². The van der Waals surface area contributed by atoms with Crippen LogP contribution < -0.4 is 0 Å². The molecule has 3 N–H and O–H groups in total. The first kappa shape index (κ1) is 12.4. The Balaban J connectivity index is 2.94. The summed E-state index contributed by atoms with van der Waals surface area (Å²) in [4.78, 5) is 0. The van der Waals surface area contributed by atoms with E-state index >= 15 is 0 Å². The molecule has 3 nitrogen and oxygen atoms in total. The van der Waals surface area contributed by atoms with Gasteiger partial charge in [-0.15, -0.1) is 0 Å². The van der Waals surface area contributed by atoms with Crippen LogP contribution in [0.2, 0.25) is 0 Å². The first-order chi connectivity index (χ1) is 7.07. The molecular formula is C11H16O3S. The van der Waals surface area contributed by atoms with Gasteiger partial charge in [0.15, 0.2) is 0 Å². The number of thiol groups is 1. The predicted octanol–water partition coefficient (Wildman–Crippen LogP) is 1.41. The van der Waals surface area contributed by atoms with E-state index in [1.54, 1.807) is 19.1 Å². The van der Waals surface area contributed by atoms with Gasteiger partial charge in [0.1, 0.15) is 11.9 Å². The van der Waals surface area contributed by atoms with Gasteiger partial charge in [-0.2, -0.15) is 12.6 Å². The summed E-state index contributed by atoms with van der Waals surface area (Å²) in [5, 5.41) is 29.0. The minimum Gasteiger partial charge on any atom is -0.508 e. The second kappa shape index (κ2) is 5.39. The molecule has 0 aliphatic carbocycles. The van der Waals surface area contributed by atoms with Crippen molar-refractivity contribution in [3.8, 4) is 5.75 Å². The number of hydrogen-bond acceptors (Lipinski definition) is 4. The van der Waals surface area contributed by atoms with E-state index in [2.05, 4.69) is 12.6 Å². The number of aromatic hydroxyl groups is 1. The highest BCUT2D eigenvalue weighted by Crippen LogP contribution is 2.30. The number of aliphatic hydroxyl groups excluding tert-OH is 2. The highest BCUT2D eigenvalue weighted by molar-refractivity contribution is 7.80. The smallest absolute Gasteiger partial charge is 0.121 e. The first-order valence-electron chi connectivity index (χ1n) is 4.83. The fourth-order valence-electron chi connectivity index (χ4n) is 1.53. The molecule has 0 bridgehead atoms. The topological polar surface area (TPSA) is 60.7 Å². The van der Waals surface area contributed by atoms with Crippen molar-refractivity contribution < 1.29 is 15.3 Å². The molecule has 0 amide bonds. The van der Waals surface area contributed by atoms with Crippen molar-refractivity contribution in [2.45, 2.75) is 25.6 Å². The third kappa shape index (κ3) is 2.87. The summed E-state index contributed by atoms with van der Waals surface area (Å²) in [6.45, 7) is 1.78. The fraction of sp³-hybridized carbons (Fsp3) is 0.455. The minimum atomic E-state index is -1.06. The molecular weight excluding hydrogens is 212 g/mol. The monoisotopic (exact) mass is 228 g/mol. The van der Waals surface area contributed by atoms with Crippen LogP contribution in [0.5, 0.6) is 5.75 Å². The van der Waals surface area contributed by atoms with Crippen LogP contribution in [0.25, 0.3) is 0 Å². The van der Waals surface area contributed by atoms with E-state index in [4.69, 9.17) is 0 Å². The van der Waals surface area contributed by atoms with E-state index < -0.39 is 12.2 Å². The van der Waals surface area contributed by atoms with E-state index in [-0.39, 0.29) is 5.75 Å². The van der Waals surface area contributed by atoms with Crippen LogP contribution in [0, 0.1) is 6.92 Å². The van der Waals surface area contributed by atoms with Crippen LogP contribution >= 0.6 is 12.6 Å². The number of phenols is 1. The van der Waals surface area contributed by atoms with Crippen molar-refractivity contribution >= 4 is 12.6 Å². The van der Waals surface area contributed by atoms with Crippen molar-refractivity contribution in [2.75, 3.05) is 5.75 Å². The molecule has 2 unspecified atom stereocenters. The quantitative estimate of drug-likeness (QED) is 0.589. The van der Waals surface area contributed by atoms with Gasteiger partial charge in [0.05, 0.1) is 6.10 Å². The van der Waals surface area contributed by atoms with Gasteiger partial charge in [0.2, 0.25) is 0 Å². The van der Waals surface area contributed by atoms with Crippen molar-refractivity contribution in [3.05, 3.63) is 29.3 Å². The molecule has 1 aromatic rings. The highest BCUT2D eigenvalue weighted by Gasteiger charge is 2.22.